The highest BCUT2D eigenvalue weighted by atomic mass is 19.1. The number of hydrogen-bond acceptors (Lipinski definition) is 1. The van der Waals surface area contributed by atoms with Crippen LogP contribution < -0.4 is 0 Å². The molecule has 0 aliphatic carbocycles. The van der Waals surface area contributed by atoms with Gasteiger partial charge in [0.15, 0.2) is 0 Å². The molecule has 1 nitrogen and oxygen atoms in total. The lowest BCUT2D eigenvalue weighted by Gasteiger charge is -2.04. The van der Waals surface area contributed by atoms with Crippen LogP contribution >= 0.6 is 0 Å². The normalized spacial score (nSPS) is 17.9. The first-order valence-corrected chi connectivity index (χ1v) is 4.37. The van der Waals surface area contributed by atoms with Crippen molar-refractivity contribution in [3.8, 4) is 11.3 Å². The quantitative estimate of drug-likeness (QED) is 0.697. The fraction of sp³-hybridized carbons (Fsp3) is 0.154. The van der Waals surface area contributed by atoms with Crippen molar-refractivity contribution in [3.63, 3.8) is 0 Å². The van der Waals surface area contributed by atoms with Gasteiger partial charge in [-0.15, -0.1) is 0 Å². The summed E-state index contributed by atoms with van der Waals surface area (Å²) < 4.78 is 57.4. The standard InChI is InChI=1S/C13H12FN/c1-9-3-8-13(15-10(9)2)11-4-6-12(14)7-5-11/h3-8H,1-2H3/i1D3,2D3. The number of rotatable bonds is 1. The summed E-state index contributed by atoms with van der Waals surface area (Å²) in [6.07, 6.45) is 0. The van der Waals surface area contributed by atoms with E-state index in [0.717, 1.165) is 0 Å². The van der Waals surface area contributed by atoms with E-state index in [1.165, 1.54) is 36.4 Å². The van der Waals surface area contributed by atoms with Gasteiger partial charge in [0.2, 0.25) is 0 Å². The van der Waals surface area contributed by atoms with Crippen LogP contribution in [0.15, 0.2) is 36.4 Å². The Morgan fingerprint density at radius 2 is 1.87 bits per heavy atom. The van der Waals surface area contributed by atoms with Crippen molar-refractivity contribution in [1.82, 2.24) is 4.98 Å². The predicted octanol–water partition coefficient (Wildman–Crippen LogP) is 3.50. The molecule has 0 fully saturated rings. The number of pyridine rings is 1. The number of nitrogens with zero attached hydrogens (tertiary/aromatic N) is 1. The Balaban J connectivity index is 2.60. The third-order valence-electron chi connectivity index (χ3n) is 2.04. The van der Waals surface area contributed by atoms with Crippen LogP contribution in [0.3, 0.4) is 0 Å². The molecule has 0 saturated carbocycles. The minimum Gasteiger partial charge on any atom is -0.253 e. The Morgan fingerprint density at radius 1 is 1.07 bits per heavy atom. The lowest BCUT2D eigenvalue weighted by molar-refractivity contribution is 0.628. The number of halogens is 1. The van der Waals surface area contributed by atoms with Gasteiger partial charge >= 0.3 is 0 Å². The molecule has 15 heavy (non-hydrogen) atoms. The summed E-state index contributed by atoms with van der Waals surface area (Å²) in [5.74, 6) is -0.422. The summed E-state index contributed by atoms with van der Waals surface area (Å²) in [5.41, 5.74) is 0.0470. The first-order chi connectivity index (χ1) is 9.59. The Bertz CT molecular complexity index is 645. The molecular formula is C13H12FN. The zero-order valence-electron chi connectivity index (χ0n) is 13.8. The lowest BCUT2D eigenvalue weighted by atomic mass is 10.1. The van der Waals surface area contributed by atoms with Gasteiger partial charge in [0, 0.05) is 19.5 Å². The van der Waals surface area contributed by atoms with Gasteiger partial charge in [-0.1, -0.05) is 6.07 Å². The highest BCUT2D eigenvalue weighted by molar-refractivity contribution is 5.59. The highest BCUT2D eigenvalue weighted by Gasteiger charge is 2.01. The Labute approximate surface area is 97.0 Å². The molecule has 0 bridgehead atoms. The van der Waals surface area contributed by atoms with Crippen molar-refractivity contribution in [1.29, 1.82) is 0 Å². The van der Waals surface area contributed by atoms with E-state index in [1.807, 2.05) is 0 Å². The van der Waals surface area contributed by atoms with Crippen molar-refractivity contribution in [3.05, 3.63) is 53.5 Å². The molecule has 0 unspecified atom stereocenters. The van der Waals surface area contributed by atoms with E-state index in [1.54, 1.807) is 0 Å². The van der Waals surface area contributed by atoms with E-state index < -0.39 is 25.2 Å². The van der Waals surface area contributed by atoms with Gasteiger partial charge in [-0.05, 0) is 49.6 Å². The molecule has 0 radical (unpaired) electrons. The zero-order chi connectivity index (χ0) is 15.8. The fourth-order valence-electron chi connectivity index (χ4n) is 1.24. The van der Waals surface area contributed by atoms with Crippen LogP contribution in [-0.4, -0.2) is 4.98 Å². The summed E-state index contributed by atoms with van der Waals surface area (Å²) >= 11 is 0. The van der Waals surface area contributed by atoms with Crippen LogP contribution in [0, 0.1) is 19.5 Å². The zero-order valence-corrected chi connectivity index (χ0v) is 7.79. The molecule has 1 aromatic heterocycles. The summed E-state index contributed by atoms with van der Waals surface area (Å²) in [4.78, 5) is 3.97. The molecule has 0 N–H and O–H groups in total. The highest BCUT2D eigenvalue weighted by Crippen LogP contribution is 2.18. The Morgan fingerprint density at radius 3 is 2.53 bits per heavy atom. The Kier molecular flexibility index (Phi) is 1.24. The summed E-state index contributed by atoms with van der Waals surface area (Å²) in [6.45, 7) is -5.20. The van der Waals surface area contributed by atoms with Crippen LogP contribution in [0.5, 0.6) is 0 Å². The molecule has 1 heterocycles. The molecule has 0 spiro atoms. The van der Waals surface area contributed by atoms with E-state index in [4.69, 9.17) is 8.22 Å². The molecule has 1 aromatic carbocycles. The number of hydrogen-bond donors (Lipinski definition) is 0. The SMILES string of the molecule is [2H]C([2H])([2H])c1ccc(-c2ccc(F)cc2)nc1C([2H])([2H])[2H]. The van der Waals surface area contributed by atoms with Gasteiger partial charge in [-0.2, -0.15) is 0 Å². The van der Waals surface area contributed by atoms with Gasteiger partial charge in [-0.3, -0.25) is 4.98 Å². The second kappa shape index (κ2) is 3.81. The van der Waals surface area contributed by atoms with Gasteiger partial charge in [0.1, 0.15) is 5.82 Å². The van der Waals surface area contributed by atoms with Crippen molar-refractivity contribution in [2.75, 3.05) is 0 Å². The second-order valence-electron chi connectivity index (χ2n) is 3.10. The van der Waals surface area contributed by atoms with E-state index in [2.05, 4.69) is 4.98 Å². The minimum atomic E-state index is -2.64. The fourth-order valence-corrected chi connectivity index (χ4v) is 1.24. The van der Waals surface area contributed by atoms with E-state index in [-0.39, 0.29) is 11.3 Å². The average Bonchev–Trinajstić information content (AvgIpc) is 2.37. The van der Waals surface area contributed by atoms with Gasteiger partial charge in [0.05, 0.1) is 5.69 Å². The predicted molar refractivity (Wildman–Crippen MR) is 59.1 cm³/mol. The monoisotopic (exact) mass is 207 g/mol. The first-order valence-electron chi connectivity index (χ1n) is 7.37. The van der Waals surface area contributed by atoms with Crippen molar-refractivity contribution in [2.45, 2.75) is 13.7 Å². The van der Waals surface area contributed by atoms with Crippen LogP contribution in [0.25, 0.3) is 11.3 Å². The van der Waals surface area contributed by atoms with Gasteiger partial charge < -0.3 is 0 Å². The molecule has 0 aliphatic rings. The molecule has 0 atom stereocenters. The minimum absolute atomic E-state index is 0.286. The second-order valence-corrected chi connectivity index (χ2v) is 3.10. The molecule has 2 heteroatoms. The van der Waals surface area contributed by atoms with E-state index in [9.17, 15) is 4.39 Å². The largest absolute Gasteiger partial charge is 0.253 e. The molecular weight excluding hydrogens is 189 g/mol. The maximum atomic E-state index is 12.9. The molecule has 2 aromatic rings. The maximum absolute atomic E-state index is 12.9. The Hall–Kier alpha value is -1.70. The van der Waals surface area contributed by atoms with Crippen LogP contribution in [-0.2, 0) is 0 Å². The number of benzene rings is 1. The molecule has 0 amide bonds. The molecule has 76 valence electrons. The maximum Gasteiger partial charge on any atom is 0.123 e. The van der Waals surface area contributed by atoms with Gasteiger partial charge in [-0.25, -0.2) is 4.39 Å². The van der Waals surface area contributed by atoms with Gasteiger partial charge in [0.25, 0.3) is 0 Å². The smallest absolute Gasteiger partial charge is 0.123 e. The van der Waals surface area contributed by atoms with Crippen LogP contribution in [0.2, 0.25) is 0 Å². The van der Waals surface area contributed by atoms with E-state index in [0.29, 0.717) is 5.56 Å². The third kappa shape index (κ3) is 2.04. The number of aryl methyl sites for hydroxylation is 2. The topological polar surface area (TPSA) is 12.9 Å². The molecule has 2 rings (SSSR count). The van der Waals surface area contributed by atoms with Crippen molar-refractivity contribution in [2.24, 2.45) is 0 Å². The molecule has 0 saturated heterocycles. The average molecular weight is 207 g/mol. The van der Waals surface area contributed by atoms with Crippen LogP contribution in [0.1, 0.15) is 19.5 Å². The number of aromatic nitrogens is 1. The molecule has 0 aliphatic heterocycles. The van der Waals surface area contributed by atoms with Crippen molar-refractivity contribution < 1.29 is 12.6 Å². The first kappa shape index (κ1) is 4.88. The lowest BCUT2D eigenvalue weighted by Crippen LogP contribution is -1.90. The summed E-state index contributed by atoms with van der Waals surface area (Å²) in [7, 11) is 0. The summed E-state index contributed by atoms with van der Waals surface area (Å²) in [5, 5.41) is 0. The van der Waals surface area contributed by atoms with Crippen molar-refractivity contribution >= 4 is 0 Å². The van der Waals surface area contributed by atoms with Crippen LogP contribution in [0.4, 0.5) is 4.39 Å². The third-order valence-corrected chi connectivity index (χ3v) is 2.04. The van der Waals surface area contributed by atoms with E-state index >= 15 is 0 Å². The summed E-state index contributed by atoms with van der Waals surface area (Å²) in [6, 6.07) is 8.02.